The van der Waals surface area contributed by atoms with Crippen LogP contribution in [-0.4, -0.2) is 41.2 Å². The van der Waals surface area contributed by atoms with Gasteiger partial charge in [0.05, 0.1) is 0 Å². The van der Waals surface area contributed by atoms with Crippen molar-refractivity contribution in [1.29, 1.82) is 0 Å². The summed E-state index contributed by atoms with van der Waals surface area (Å²) in [4.78, 5) is 24.0. The average molecular weight is 251 g/mol. The third kappa shape index (κ3) is 4.27. The summed E-state index contributed by atoms with van der Waals surface area (Å²) in [5.41, 5.74) is -0.256. The number of aromatic nitrogens is 1. The second kappa shape index (κ2) is 5.00. The normalized spacial score (nSPS) is 11.5. The number of carbonyl (C=O) groups excluding carboxylic acids is 1. The number of carboxylic acids is 1. The van der Waals surface area contributed by atoms with Crippen molar-refractivity contribution >= 4 is 11.8 Å². The molecule has 8 heteroatoms. The summed E-state index contributed by atoms with van der Waals surface area (Å²) < 4.78 is 39.2. The van der Waals surface area contributed by atoms with Crippen LogP contribution in [0, 0.1) is 0 Å². The highest BCUT2D eigenvalue weighted by atomic mass is 19.4. The Labute approximate surface area is 93.2 Å². The van der Waals surface area contributed by atoms with E-state index in [9.17, 15) is 22.8 Å². The molecule has 0 fully saturated rings. The molecule has 94 valence electrons. The fraction of sp³-hybridized carbons (Fsp3) is 0.333. The number of hydrogen-bond acceptors (Lipinski definition) is 3. The lowest BCUT2D eigenvalue weighted by atomic mass is 10.2. The van der Waals surface area contributed by atoms with Crippen molar-refractivity contribution in [3.63, 3.8) is 0 Å². The number of aromatic carboxylic acids is 1. The lowest BCUT2D eigenvalue weighted by Crippen LogP contribution is -2.20. The molecule has 1 heterocycles. The topological polar surface area (TPSA) is 79.4 Å². The summed E-state index contributed by atoms with van der Waals surface area (Å²) in [5.74, 6) is -1.99. The van der Waals surface area contributed by atoms with Gasteiger partial charge in [-0.15, -0.1) is 0 Å². The zero-order valence-electron chi connectivity index (χ0n) is 8.37. The fourth-order valence-electron chi connectivity index (χ4n) is 1.02. The van der Waals surface area contributed by atoms with E-state index in [0.717, 1.165) is 12.3 Å². The smallest absolute Gasteiger partial charge is 0.411 e. The summed E-state index contributed by atoms with van der Waals surface area (Å²) in [7, 11) is 0. The second-order valence-corrected chi connectivity index (χ2v) is 3.14. The van der Waals surface area contributed by atoms with Gasteiger partial charge in [0.15, 0.2) is 5.78 Å². The number of H-pyrrole nitrogens is 1. The van der Waals surface area contributed by atoms with Gasteiger partial charge in [-0.3, -0.25) is 4.79 Å². The zero-order chi connectivity index (χ0) is 13.1. The Morgan fingerprint density at radius 3 is 2.53 bits per heavy atom. The molecule has 17 heavy (non-hydrogen) atoms. The molecule has 0 radical (unpaired) electrons. The van der Waals surface area contributed by atoms with E-state index in [1.807, 2.05) is 0 Å². The predicted molar refractivity (Wildman–Crippen MR) is 49.0 cm³/mol. The van der Waals surface area contributed by atoms with Crippen LogP contribution in [0.15, 0.2) is 12.3 Å². The van der Waals surface area contributed by atoms with Crippen LogP contribution < -0.4 is 0 Å². The van der Waals surface area contributed by atoms with Crippen molar-refractivity contribution in [2.45, 2.75) is 6.18 Å². The Morgan fingerprint density at radius 1 is 1.41 bits per heavy atom. The number of halogens is 3. The van der Waals surface area contributed by atoms with E-state index in [2.05, 4.69) is 9.72 Å². The van der Waals surface area contributed by atoms with Gasteiger partial charge in [-0.25, -0.2) is 4.79 Å². The van der Waals surface area contributed by atoms with Crippen molar-refractivity contribution in [1.82, 2.24) is 4.98 Å². The molecule has 2 N–H and O–H groups in total. The molecule has 0 aliphatic heterocycles. The highest BCUT2D eigenvalue weighted by molar-refractivity contribution is 5.99. The lowest BCUT2D eigenvalue weighted by Gasteiger charge is -2.05. The minimum Gasteiger partial charge on any atom is -0.477 e. The predicted octanol–water partition coefficient (Wildman–Crippen LogP) is 1.47. The van der Waals surface area contributed by atoms with Crippen LogP contribution in [0.2, 0.25) is 0 Å². The van der Waals surface area contributed by atoms with Gasteiger partial charge in [0.1, 0.15) is 18.9 Å². The van der Waals surface area contributed by atoms with Crippen molar-refractivity contribution in [2.24, 2.45) is 0 Å². The third-order valence-electron chi connectivity index (χ3n) is 1.73. The van der Waals surface area contributed by atoms with E-state index in [-0.39, 0.29) is 11.3 Å². The number of alkyl halides is 3. The van der Waals surface area contributed by atoms with E-state index >= 15 is 0 Å². The number of nitrogens with one attached hydrogen (secondary N) is 1. The molecule has 0 spiro atoms. The van der Waals surface area contributed by atoms with Crippen molar-refractivity contribution in [3.05, 3.63) is 23.5 Å². The van der Waals surface area contributed by atoms with Crippen molar-refractivity contribution < 1.29 is 32.6 Å². The number of hydrogen-bond donors (Lipinski definition) is 2. The number of carboxylic acid groups (broad SMARTS) is 1. The number of rotatable bonds is 5. The third-order valence-corrected chi connectivity index (χ3v) is 1.73. The molecule has 0 amide bonds. The maximum Gasteiger partial charge on any atom is 0.411 e. The molecule has 1 rings (SSSR count). The van der Waals surface area contributed by atoms with E-state index < -0.39 is 31.1 Å². The van der Waals surface area contributed by atoms with Crippen LogP contribution in [0.25, 0.3) is 0 Å². The van der Waals surface area contributed by atoms with Gasteiger partial charge in [-0.1, -0.05) is 0 Å². The van der Waals surface area contributed by atoms with E-state index in [0.29, 0.717) is 0 Å². The van der Waals surface area contributed by atoms with Gasteiger partial charge < -0.3 is 14.8 Å². The number of carbonyl (C=O) groups is 2. The van der Waals surface area contributed by atoms with Gasteiger partial charge in [-0.2, -0.15) is 13.2 Å². The van der Waals surface area contributed by atoms with Gasteiger partial charge >= 0.3 is 12.1 Å². The average Bonchev–Trinajstić information content (AvgIpc) is 2.63. The maximum absolute atomic E-state index is 11.7. The van der Waals surface area contributed by atoms with Crippen molar-refractivity contribution in [3.8, 4) is 0 Å². The molecule has 1 aromatic heterocycles. The first-order valence-electron chi connectivity index (χ1n) is 4.39. The van der Waals surface area contributed by atoms with Crippen LogP contribution in [-0.2, 0) is 4.74 Å². The fourth-order valence-corrected chi connectivity index (χ4v) is 1.02. The largest absolute Gasteiger partial charge is 0.477 e. The molecule has 0 atom stereocenters. The first-order valence-corrected chi connectivity index (χ1v) is 4.39. The summed E-state index contributed by atoms with van der Waals surface area (Å²) in [6.45, 7) is -2.27. The molecular weight excluding hydrogens is 243 g/mol. The monoisotopic (exact) mass is 251 g/mol. The lowest BCUT2D eigenvalue weighted by molar-refractivity contribution is -0.170. The molecule has 0 aliphatic rings. The first kappa shape index (κ1) is 13.2. The number of ketones is 1. The molecule has 0 aliphatic carbocycles. The molecule has 1 aromatic rings. The Kier molecular flexibility index (Phi) is 3.89. The minimum atomic E-state index is -4.50. The molecular formula is C9H8F3NO4. The van der Waals surface area contributed by atoms with E-state index in [1.165, 1.54) is 0 Å². The second-order valence-electron chi connectivity index (χ2n) is 3.14. The van der Waals surface area contributed by atoms with Gasteiger partial charge in [-0.05, 0) is 6.07 Å². The van der Waals surface area contributed by atoms with Gasteiger partial charge in [0, 0.05) is 11.8 Å². The summed E-state index contributed by atoms with van der Waals surface area (Å²) in [6, 6.07) is 1.03. The molecule has 0 bridgehead atoms. The first-order chi connectivity index (χ1) is 7.79. The van der Waals surface area contributed by atoms with Gasteiger partial charge in [0.25, 0.3) is 0 Å². The van der Waals surface area contributed by atoms with E-state index in [1.54, 1.807) is 0 Å². The van der Waals surface area contributed by atoms with E-state index in [4.69, 9.17) is 5.11 Å². The molecule has 5 nitrogen and oxygen atoms in total. The summed E-state index contributed by atoms with van der Waals surface area (Å²) in [6.07, 6.45) is -3.40. The van der Waals surface area contributed by atoms with Crippen LogP contribution in [0.3, 0.4) is 0 Å². The molecule has 0 saturated carbocycles. The Balaban J connectivity index is 2.50. The Bertz CT molecular complexity index is 424. The summed E-state index contributed by atoms with van der Waals surface area (Å²) >= 11 is 0. The maximum atomic E-state index is 11.7. The number of Topliss-reactive ketones (excluding diaryl/α,β-unsaturated/α-hetero) is 1. The highest BCUT2D eigenvalue weighted by Gasteiger charge is 2.28. The Morgan fingerprint density at radius 2 is 2.06 bits per heavy atom. The van der Waals surface area contributed by atoms with Crippen molar-refractivity contribution in [2.75, 3.05) is 13.2 Å². The molecule has 0 unspecified atom stereocenters. The van der Waals surface area contributed by atoms with Crippen LogP contribution in [0.4, 0.5) is 13.2 Å². The minimum absolute atomic E-state index is 0.0374. The number of ether oxygens (including phenoxy) is 1. The SMILES string of the molecule is O=C(COCC(F)(F)F)c1c[nH]c(C(=O)O)c1. The molecule has 0 saturated heterocycles. The van der Waals surface area contributed by atoms with Crippen LogP contribution in [0.5, 0.6) is 0 Å². The quantitative estimate of drug-likeness (QED) is 0.777. The summed E-state index contributed by atoms with van der Waals surface area (Å²) in [5, 5.41) is 8.54. The van der Waals surface area contributed by atoms with Gasteiger partial charge in [0.2, 0.25) is 0 Å². The Hall–Kier alpha value is -1.83. The molecule has 0 aromatic carbocycles. The van der Waals surface area contributed by atoms with Crippen LogP contribution >= 0.6 is 0 Å². The van der Waals surface area contributed by atoms with Crippen LogP contribution in [0.1, 0.15) is 20.8 Å². The zero-order valence-corrected chi connectivity index (χ0v) is 8.37. The number of aromatic amines is 1. The standard InChI is InChI=1S/C9H8F3NO4/c10-9(11,12)4-17-3-7(14)5-1-6(8(15)16)13-2-5/h1-2,13H,3-4H2,(H,15,16). The highest BCUT2D eigenvalue weighted by Crippen LogP contribution is 2.14.